The number of halogens is 2. The van der Waals surface area contributed by atoms with Gasteiger partial charge in [0.05, 0.1) is 24.6 Å². The highest BCUT2D eigenvalue weighted by atomic mass is 19.1. The average Bonchev–Trinajstić information content (AvgIpc) is 3.17. The molecule has 0 bridgehead atoms. The predicted molar refractivity (Wildman–Crippen MR) is 85.2 cm³/mol. The molecule has 1 aromatic carbocycles. The van der Waals surface area contributed by atoms with E-state index in [0.29, 0.717) is 31.8 Å². The van der Waals surface area contributed by atoms with Crippen molar-refractivity contribution in [3.05, 3.63) is 52.3 Å². The van der Waals surface area contributed by atoms with Crippen LogP contribution in [-0.4, -0.2) is 38.9 Å². The third kappa shape index (κ3) is 2.95. The first kappa shape index (κ1) is 16.6. The summed E-state index contributed by atoms with van der Waals surface area (Å²) in [6, 6.07) is 2.99. The van der Waals surface area contributed by atoms with Gasteiger partial charge in [0.1, 0.15) is 17.7 Å². The zero-order valence-corrected chi connectivity index (χ0v) is 13.6. The molecule has 1 fully saturated rings. The van der Waals surface area contributed by atoms with Crippen LogP contribution in [0.1, 0.15) is 35.0 Å². The second-order valence-corrected chi connectivity index (χ2v) is 6.66. The van der Waals surface area contributed by atoms with Crippen LogP contribution in [0.25, 0.3) is 0 Å². The van der Waals surface area contributed by atoms with E-state index in [1.54, 1.807) is 0 Å². The van der Waals surface area contributed by atoms with Crippen LogP contribution >= 0.6 is 0 Å². The van der Waals surface area contributed by atoms with Crippen LogP contribution in [0, 0.1) is 11.6 Å². The van der Waals surface area contributed by atoms with E-state index in [1.165, 1.54) is 0 Å². The molecule has 6 nitrogen and oxygen atoms in total. The molecule has 2 aromatic rings. The van der Waals surface area contributed by atoms with Crippen LogP contribution in [0.5, 0.6) is 0 Å². The number of aromatic amines is 1. The van der Waals surface area contributed by atoms with Crippen molar-refractivity contribution in [3.8, 4) is 0 Å². The Bertz CT molecular complexity index is 782. The van der Waals surface area contributed by atoms with Crippen molar-refractivity contribution in [2.75, 3.05) is 6.61 Å². The van der Waals surface area contributed by atoms with Crippen molar-refractivity contribution in [2.24, 2.45) is 5.73 Å². The molecule has 4 N–H and O–H groups in total. The number of aliphatic hydroxyl groups is 1. The number of fused-ring (bicyclic) bond motifs is 1. The minimum atomic E-state index is -0.651. The van der Waals surface area contributed by atoms with Crippen LogP contribution in [0.2, 0.25) is 0 Å². The number of rotatable bonds is 3. The van der Waals surface area contributed by atoms with E-state index in [4.69, 9.17) is 10.5 Å². The fraction of sp³-hybridized carbons (Fsp3) is 0.471. The molecular formula is C17H20F2N4O2. The SMILES string of the molecule is N[C@H]1C[C@@H](N2Cc3[nH]nc(CO)c3C2)CO[C@@H]1c1cc(F)ccc1F. The summed E-state index contributed by atoms with van der Waals surface area (Å²) < 4.78 is 33.3. The van der Waals surface area contributed by atoms with Crippen molar-refractivity contribution in [1.82, 2.24) is 15.1 Å². The summed E-state index contributed by atoms with van der Waals surface area (Å²) in [6.07, 6.45) is -0.0330. The van der Waals surface area contributed by atoms with E-state index in [2.05, 4.69) is 15.1 Å². The summed E-state index contributed by atoms with van der Waals surface area (Å²) in [6.45, 7) is 1.64. The molecule has 4 rings (SSSR count). The first-order valence-electron chi connectivity index (χ1n) is 8.29. The van der Waals surface area contributed by atoms with Crippen molar-refractivity contribution in [3.63, 3.8) is 0 Å². The lowest BCUT2D eigenvalue weighted by atomic mass is 9.93. The van der Waals surface area contributed by atoms with Gasteiger partial charge in [0.25, 0.3) is 0 Å². The quantitative estimate of drug-likeness (QED) is 0.778. The molecular weight excluding hydrogens is 330 g/mol. The Morgan fingerprint density at radius 3 is 2.96 bits per heavy atom. The van der Waals surface area contributed by atoms with Crippen molar-refractivity contribution in [1.29, 1.82) is 0 Å². The van der Waals surface area contributed by atoms with Gasteiger partial charge in [0, 0.05) is 36.3 Å². The molecule has 1 saturated heterocycles. The second kappa shape index (κ2) is 6.45. The third-order valence-corrected chi connectivity index (χ3v) is 5.09. The van der Waals surface area contributed by atoms with Crippen LogP contribution in [0.3, 0.4) is 0 Å². The number of nitrogens with two attached hydrogens (primary N) is 1. The molecule has 25 heavy (non-hydrogen) atoms. The number of hydrogen-bond acceptors (Lipinski definition) is 5. The smallest absolute Gasteiger partial charge is 0.129 e. The monoisotopic (exact) mass is 350 g/mol. The molecule has 0 saturated carbocycles. The van der Waals surface area contributed by atoms with E-state index >= 15 is 0 Å². The molecule has 3 atom stereocenters. The number of ether oxygens (including phenoxy) is 1. The molecule has 2 aliphatic rings. The van der Waals surface area contributed by atoms with Crippen molar-refractivity contribution >= 4 is 0 Å². The number of H-pyrrole nitrogens is 1. The fourth-order valence-corrected chi connectivity index (χ4v) is 3.76. The Morgan fingerprint density at radius 2 is 2.20 bits per heavy atom. The van der Waals surface area contributed by atoms with Gasteiger partial charge >= 0.3 is 0 Å². The minimum absolute atomic E-state index is 0.0789. The fourth-order valence-electron chi connectivity index (χ4n) is 3.76. The molecule has 0 radical (unpaired) electrons. The molecule has 0 spiro atoms. The summed E-state index contributed by atoms with van der Waals surface area (Å²) in [4.78, 5) is 2.21. The van der Waals surface area contributed by atoms with E-state index in [0.717, 1.165) is 29.5 Å². The third-order valence-electron chi connectivity index (χ3n) is 5.09. The number of nitrogens with one attached hydrogen (secondary N) is 1. The Balaban J connectivity index is 1.45. The maximum absolute atomic E-state index is 14.0. The van der Waals surface area contributed by atoms with Gasteiger partial charge in [-0.25, -0.2) is 8.78 Å². The molecule has 0 amide bonds. The number of hydrogen-bond donors (Lipinski definition) is 3. The standard InChI is InChI=1S/C17H20F2N4O2/c18-9-1-2-13(19)11(3-9)17-14(20)4-10(8-25-17)23-5-12-15(6-23)21-22-16(12)7-24/h1-3,10,14,17,24H,4-8,20H2,(H,21,22)/t10-,14+,17-/m1/s1. The highest BCUT2D eigenvalue weighted by Crippen LogP contribution is 2.34. The lowest BCUT2D eigenvalue weighted by Gasteiger charge is -2.38. The Morgan fingerprint density at radius 1 is 1.36 bits per heavy atom. The number of aromatic nitrogens is 2. The minimum Gasteiger partial charge on any atom is -0.390 e. The Kier molecular flexibility index (Phi) is 4.28. The number of benzene rings is 1. The van der Waals surface area contributed by atoms with Gasteiger partial charge in [-0.1, -0.05) is 0 Å². The summed E-state index contributed by atoms with van der Waals surface area (Å²) in [5.41, 5.74) is 9.08. The Hall–Kier alpha value is -1.87. The van der Waals surface area contributed by atoms with Gasteiger partial charge in [-0.15, -0.1) is 0 Å². The Labute approximate surface area is 143 Å². The van der Waals surface area contributed by atoms with Gasteiger partial charge in [-0.2, -0.15) is 5.10 Å². The van der Waals surface area contributed by atoms with Gasteiger partial charge in [-0.3, -0.25) is 10.00 Å². The maximum atomic E-state index is 14.0. The normalized spacial score (nSPS) is 26.8. The molecule has 3 heterocycles. The lowest BCUT2D eigenvalue weighted by Crippen LogP contribution is -2.47. The maximum Gasteiger partial charge on any atom is 0.129 e. The van der Waals surface area contributed by atoms with Crippen LogP contribution in [0.15, 0.2) is 18.2 Å². The summed E-state index contributed by atoms with van der Waals surface area (Å²) in [5.74, 6) is -1.01. The summed E-state index contributed by atoms with van der Waals surface area (Å²) >= 11 is 0. The summed E-state index contributed by atoms with van der Waals surface area (Å²) in [7, 11) is 0. The van der Waals surface area contributed by atoms with Crippen molar-refractivity contribution < 1.29 is 18.6 Å². The van der Waals surface area contributed by atoms with Gasteiger partial charge < -0.3 is 15.6 Å². The first-order valence-corrected chi connectivity index (χ1v) is 8.29. The molecule has 134 valence electrons. The zero-order valence-electron chi connectivity index (χ0n) is 13.6. The van der Waals surface area contributed by atoms with Gasteiger partial charge in [-0.05, 0) is 24.6 Å². The van der Waals surface area contributed by atoms with Gasteiger partial charge in [0.2, 0.25) is 0 Å². The van der Waals surface area contributed by atoms with E-state index in [1.807, 2.05) is 0 Å². The molecule has 2 aliphatic heterocycles. The molecule has 0 unspecified atom stereocenters. The van der Waals surface area contributed by atoms with E-state index < -0.39 is 23.8 Å². The highest BCUT2D eigenvalue weighted by Gasteiger charge is 2.37. The topological polar surface area (TPSA) is 87.4 Å². The number of aliphatic hydroxyl groups excluding tert-OH is 1. The molecule has 1 aromatic heterocycles. The predicted octanol–water partition coefficient (Wildman–Crippen LogP) is 1.35. The van der Waals surface area contributed by atoms with Crippen LogP contribution in [0.4, 0.5) is 8.78 Å². The summed E-state index contributed by atoms with van der Waals surface area (Å²) in [5, 5.41) is 16.4. The van der Waals surface area contributed by atoms with Crippen LogP contribution in [-0.2, 0) is 24.4 Å². The largest absolute Gasteiger partial charge is 0.390 e. The zero-order chi connectivity index (χ0) is 17.6. The van der Waals surface area contributed by atoms with Crippen LogP contribution < -0.4 is 5.73 Å². The second-order valence-electron chi connectivity index (χ2n) is 6.66. The average molecular weight is 350 g/mol. The number of nitrogens with zero attached hydrogens (tertiary/aromatic N) is 2. The van der Waals surface area contributed by atoms with E-state index in [9.17, 15) is 13.9 Å². The van der Waals surface area contributed by atoms with Crippen molar-refractivity contribution in [2.45, 2.75) is 44.3 Å². The molecule has 8 heteroatoms. The van der Waals surface area contributed by atoms with Gasteiger partial charge in [0.15, 0.2) is 0 Å². The van der Waals surface area contributed by atoms with E-state index in [-0.39, 0.29) is 18.2 Å². The lowest BCUT2D eigenvalue weighted by molar-refractivity contribution is -0.0533. The molecule has 0 aliphatic carbocycles. The first-order chi connectivity index (χ1) is 12.1. The highest BCUT2D eigenvalue weighted by molar-refractivity contribution is 5.29.